The van der Waals surface area contributed by atoms with Crippen molar-refractivity contribution in [1.82, 2.24) is 0 Å². The van der Waals surface area contributed by atoms with Gasteiger partial charge in [0.15, 0.2) is 0 Å². The van der Waals surface area contributed by atoms with E-state index < -0.39 is 0 Å². The lowest BCUT2D eigenvalue weighted by molar-refractivity contribution is 0.912. The lowest BCUT2D eigenvalue weighted by Gasteiger charge is -1.98. The maximum Gasteiger partial charge on any atom is 0.0333 e. The summed E-state index contributed by atoms with van der Waals surface area (Å²) in [5.41, 5.74) is 4.13. The summed E-state index contributed by atoms with van der Waals surface area (Å²) in [6, 6.07) is 6.56. The zero-order chi connectivity index (χ0) is 9.80. The van der Waals surface area contributed by atoms with Gasteiger partial charge in [0.05, 0.1) is 0 Å². The fourth-order valence-electron chi connectivity index (χ4n) is 1.86. The van der Waals surface area contributed by atoms with E-state index in [0.717, 1.165) is 12.0 Å². The summed E-state index contributed by atoms with van der Waals surface area (Å²) in [6.07, 6.45) is 4.54. The number of hydrogen-bond donors (Lipinski definition) is 0. The van der Waals surface area contributed by atoms with Crippen molar-refractivity contribution in [3.05, 3.63) is 34.9 Å². The largest absolute Gasteiger partial charge is 0.126 e. The molecule has 14 heavy (non-hydrogen) atoms. The van der Waals surface area contributed by atoms with Crippen LogP contribution in [0.2, 0.25) is 0 Å². The molecule has 0 radical (unpaired) electrons. The van der Waals surface area contributed by atoms with Crippen LogP contribution < -0.4 is 0 Å². The molecule has 0 heterocycles. The Bertz CT molecular complexity index is 382. The van der Waals surface area contributed by atoms with Crippen molar-refractivity contribution in [3.63, 3.8) is 0 Å². The molecule has 0 aromatic heterocycles. The molecule has 1 aromatic rings. The van der Waals surface area contributed by atoms with Crippen LogP contribution in [0, 0.1) is 11.8 Å². The Balaban J connectivity index is 2.18. The number of hydrogen-bond acceptors (Lipinski definition) is 0. The Kier molecular flexibility index (Phi) is 3.11. The van der Waals surface area contributed by atoms with Crippen LogP contribution >= 0.6 is 11.6 Å². The molecular formula is C13H13Cl. The average Bonchev–Trinajstić information content (AvgIpc) is 2.65. The van der Waals surface area contributed by atoms with E-state index in [1.807, 2.05) is 0 Å². The molecule has 1 aliphatic rings. The summed E-state index contributed by atoms with van der Waals surface area (Å²) in [6.45, 7) is 0. The first-order chi connectivity index (χ1) is 6.90. The molecule has 2 rings (SSSR count). The monoisotopic (exact) mass is 204 g/mol. The highest BCUT2D eigenvalue weighted by molar-refractivity contribution is 6.18. The molecule has 0 nitrogen and oxygen atoms in total. The van der Waals surface area contributed by atoms with Gasteiger partial charge in [-0.3, -0.25) is 0 Å². The molecular weight excluding hydrogens is 192 g/mol. The van der Waals surface area contributed by atoms with Gasteiger partial charge in [-0.25, -0.2) is 0 Å². The van der Waals surface area contributed by atoms with Crippen LogP contribution in [0.15, 0.2) is 18.2 Å². The number of benzene rings is 1. The molecule has 0 aliphatic heterocycles. The zero-order valence-corrected chi connectivity index (χ0v) is 8.90. The van der Waals surface area contributed by atoms with E-state index >= 15 is 0 Å². The number of halogens is 1. The van der Waals surface area contributed by atoms with E-state index in [0.29, 0.717) is 5.88 Å². The second-order valence-electron chi connectivity index (χ2n) is 3.58. The van der Waals surface area contributed by atoms with Crippen molar-refractivity contribution in [3.8, 4) is 11.8 Å². The van der Waals surface area contributed by atoms with Gasteiger partial charge in [-0.2, -0.15) is 0 Å². The molecule has 72 valence electrons. The first-order valence-electron chi connectivity index (χ1n) is 5.07. The fraction of sp³-hybridized carbons (Fsp3) is 0.385. The lowest BCUT2D eigenvalue weighted by Crippen LogP contribution is -1.83. The molecule has 0 spiro atoms. The van der Waals surface area contributed by atoms with E-state index in [1.54, 1.807) is 0 Å². The predicted octanol–water partition coefficient (Wildman–Crippen LogP) is 3.16. The van der Waals surface area contributed by atoms with E-state index in [2.05, 4.69) is 30.0 Å². The summed E-state index contributed by atoms with van der Waals surface area (Å²) in [4.78, 5) is 0. The molecule has 0 atom stereocenters. The summed E-state index contributed by atoms with van der Waals surface area (Å²) >= 11 is 5.56. The van der Waals surface area contributed by atoms with Crippen LogP contribution in [0.4, 0.5) is 0 Å². The minimum atomic E-state index is 0.623. The van der Waals surface area contributed by atoms with Gasteiger partial charge in [0.1, 0.15) is 0 Å². The van der Waals surface area contributed by atoms with Crippen molar-refractivity contribution in [2.24, 2.45) is 0 Å². The van der Waals surface area contributed by atoms with Crippen LogP contribution in [0.1, 0.15) is 29.5 Å². The maximum atomic E-state index is 5.56. The van der Waals surface area contributed by atoms with Gasteiger partial charge >= 0.3 is 0 Å². The third-order valence-corrected chi connectivity index (χ3v) is 2.74. The summed E-state index contributed by atoms with van der Waals surface area (Å²) in [5.74, 6) is 6.82. The fourth-order valence-corrected chi connectivity index (χ4v) is 1.96. The third-order valence-electron chi connectivity index (χ3n) is 2.55. The van der Waals surface area contributed by atoms with Crippen LogP contribution in [0.25, 0.3) is 0 Å². The lowest BCUT2D eigenvalue weighted by atomic mass is 10.1. The van der Waals surface area contributed by atoms with Gasteiger partial charge in [0, 0.05) is 17.9 Å². The van der Waals surface area contributed by atoms with Gasteiger partial charge in [-0.05, 0) is 42.5 Å². The maximum absolute atomic E-state index is 5.56. The van der Waals surface area contributed by atoms with Crippen LogP contribution in [0.5, 0.6) is 0 Å². The first-order valence-corrected chi connectivity index (χ1v) is 5.60. The molecule has 0 N–H and O–H groups in total. The van der Waals surface area contributed by atoms with Gasteiger partial charge in [-0.15, -0.1) is 11.6 Å². The topological polar surface area (TPSA) is 0 Å². The molecule has 0 unspecified atom stereocenters. The molecule has 0 saturated carbocycles. The molecule has 0 amide bonds. The summed E-state index contributed by atoms with van der Waals surface area (Å²) < 4.78 is 0. The van der Waals surface area contributed by atoms with Crippen molar-refractivity contribution in [2.75, 3.05) is 5.88 Å². The van der Waals surface area contributed by atoms with Crippen LogP contribution in [-0.2, 0) is 12.8 Å². The van der Waals surface area contributed by atoms with Gasteiger partial charge in [0.2, 0.25) is 0 Å². The first kappa shape index (κ1) is 9.62. The van der Waals surface area contributed by atoms with Crippen molar-refractivity contribution < 1.29 is 0 Å². The zero-order valence-electron chi connectivity index (χ0n) is 8.15. The predicted molar refractivity (Wildman–Crippen MR) is 60.7 cm³/mol. The highest BCUT2D eigenvalue weighted by Gasteiger charge is 2.09. The van der Waals surface area contributed by atoms with Gasteiger partial charge < -0.3 is 0 Å². The quantitative estimate of drug-likeness (QED) is 0.487. The molecule has 1 heteroatoms. The van der Waals surface area contributed by atoms with Crippen LogP contribution in [-0.4, -0.2) is 5.88 Å². The van der Waals surface area contributed by atoms with Crippen molar-refractivity contribution in [2.45, 2.75) is 25.7 Å². The van der Waals surface area contributed by atoms with E-state index in [4.69, 9.17) is 11.6 Å². The highest BCUT2D eigenvalue weighted by atomic mass is 35.5. The van der Waals surface area contributed by atoms with Gasteiger partial charge in [-0.1, -0.05) is 17.9 Å². The highest BCUT2D eigenvalue weighted by Crippen LogP contribution is 2.22. The number of aryl methyl sites for hydroxylation is 2. The Labute approximate surface area is 90.3 Å². The normalized spacial score (nSPS) is 13.2. The number of alkyl halides is 1. The molecule has 0 saturated heterocycles. The van der Waals surface area contributed by atoms with E-state index in [9.17, 15) is 0 Å². The summed E-state index contributed by atoms with van der Waals surface area (Å²) in [7, 11) is 0. The minimum Gasteiger partial charge on any atom is -0.126 e. The van der Waals surface area contributed by atoms with E-state index in [-0.39, 0.29) is 0 Å². The Hall–Kier alpha value is -0.930. The van der Waals surface area contributed by atoms with Gasteiger partial charge in [0.25, 0.3) is 0 Å². The number of fused-ring (bicyclic) bond motifs is 1. The van der Waals surface area contributed by atoms with E-state index in [1.165, 1.54) is 30.4 Å². The molecule has 1 aromatic carbocycles. The number of rotatable bonds is 1. The Morgan fingerprint density at radius 3 is 2.93 bits per heavy atom. The second kappa shape index (κ2) is 4.53. The van der Waals surface area contributed by atoms with Crippen LogP contribution in [0.3, 0.4) is 0 Å². The average molecular weight is 205 g/mol. The smallest absolute Gasteiger partial charge is 0.0333 e. The molecule has 0 fully saturated rings. The standard InChI is InChI=1S/C13H13Cl/c14-9-2-1-4-11-7-8-12-5-3-6-13(12)10-11/h7-8,10H,2-3,5-6,9H2. The molecule has 1 aliphatic carbocycles. The second-order valence-corrected chi connectivity index (χ2v) is 3.96. The Morgan fingerprint density at radius 1 is 1.21 bits per heavy atom. The third kappa shape index (κ3) is 2.11. The Morgan fingerprint density at radius 2 is 2.07 bits per heavy atom. The minimum absolute atomic E-state index is 0.623. The van der Waals surface area contributed by atoms with Crippen molar-refractivity contribution in [1.29, 1.82) is 0 Å². The van der Waals surface area contributed by atoms with Crippen molar-refractivity contribution >= 4 is 11.6 Å². The SMILES string of the molecule is ClCCC#Cc1ccc2c(c1)CCC2. The summed E-state index contributed by atoms with van der Waals surface area (Å²) in [5, 5.41) is 0. The molecule has 0 bridgehead atoms.